The number of ether oxygens (including phenoxy) is 1. The van der Waals surface area contributed by atoms with Gasteiger partial charge in [-0.3, -0.25) is 0 Å². The predicted octanol–water partition coefficient (Wildman–Crippen LogP) is 4.45. The highest BCUT2D eigenvalue weighted by Crippen LogP contribution is 2.46. The fourth-order valence-corrected chi connectivity index (χ4v) is 3.11. The summed E-state index contributed by atoms with van der Waals surface area (Å²) in [5, 5.41) is 0. The zero-order valence-corrected chi connectivity index (χ0v) is 11.5. The Morgan fingerprint density at radius 3 is 2.35 bits per heavy atom. The first-order chi connectivity index (χ1) is 8.03. The summed E-state index contributed by atoms with van der Waals surface area (Å²) in [6.45, 7) is 9.08. The molecule has 1 aromatic carbocycles. The smallest absolute Gasteiger partial charge is 0.119 e. The molecule has 0 bridgehead atoms. The van der Waals surface area contributed by atoms with Crippen LogP contribution in [0.4, 0.5) is 0 Å². The van der Waals surface area contributed by atoms with Gasteiger partial charge in [-0.2, -0.15) is 0 Å². The molecular formula is C16H24O. The van der Waals surface area contributed by atoms with E-state index in [1.165, 1.54) is 18.4 Å². The molecule has 0 amide bonds. The first kappa shape index (κ1) is 12.5. The Morgan fingerprint density at radius 1 is 1.24 bits per heavy atom. The van der Waals surface area contributed by atoms with Gasteiger partial charge in [0.05, 0.1) is 0 Å². The molecule has 2 atom stereocenters. The summed E-state index contributed by atoms with van der Waals surface area (Å²) >= 11 is 0. The molecule has 1 aliphatic carbocycles. The van der Waals surface area contributed by atoms with Crippen LogP contribution in [0.3, 0.4) is 0 Å². The van der Waals surface area contributed by atoms with Gasteiger partial charge in [0.1, 0.15) is 11.9 Å². The van der Waals surface area contributed by atoms with Crippen molar-refractivity contribution >= 4 is 0 Å². The van der Waals surface area contributed by atoms with Crippen molar-refractivity contribution in [1.82, 2.24) is 0 Å². The van der Waals surface area contributed by atoms with Gasteiger partial charge in [-0.05, 0) is 36.5 Å². The van der Waals surface area contributed by atoms with Crippen LogP contribution in [0.1, 0.15) is 46.1 Å². The van der Waals surface area contributed by atoms with Crippen molar-refractivity contribution in [2.45, 2.75) is 53.1 Å². The zero-order valence-electron chi connectivity index (χ0n) is 11.5. The van der Waals surface area contributed by atoms with Crippen LogP contribution in [0.15, 0.2) is 24.3 Å². The van der Waals surface area contributed by atoms with Gasteiger partial charge in [-0.1, -0.05) is 46.2 Å². The molecule has 0 aromatic heterocycles. The summed E-state index contributed by atoms with van der Waals surface area (Å²) in [4.78, 5) is 0. The lowest BCUT2D eigenvalue weighted by molar-refractivity contribution is -0.0717. The van der Waals surface area contributed by atoms with E-state index in [0.717, 1.165) is 12.2 Å². The molecule has 94 valence electrons. The van der Waals surface area contributed by atoms with Crippen LogP contribution in [0.2, 0.25) is 0 Å². The van der Waals surface area contributed by atoms with Crippen LogP contribution in [0.25, 0.3) is 0 Å². The van der Waals surface area contributed by atoms with Gasteiger partial charge < -0.3 is 4.74 Å². The molecule has 0 aliphatic heterocycles. The number of benzene rings is 1. The highest BCUT2D eigenvalue weighted by atomic mass is 16.5. The third-order valence-corrected chi connectivity index (χ3v) is 3.86. The van der Waals surface area contributed by atoms with Crippen molar-refractivity contribution < 1.29 is 4.74 Å². The van der Waals surface area contributed by atoms with Gasteiger partial charge in [-0.15, -0.1) is 0 Å². The van der Waals surface area contributed by atoms with Crippen LogP contribution in [-0.2, 0) is 6.42 Å². The van der Waals surface area contributed by atoms with Crippen LogP contribution < -0.4 is 4.74 Å². The normalized spacial score (nSPS) is 26.4. The molecule has 0 N–H and O–H groups in total. The largest absolute Gasteiger partial charge is 0.490 e. The van der Waals surface area contributed by atoms with Gasteiger partial charge in [0.15, 0.2) is 0 Å². The summed E-state index contributed by atoms with van der Waals surface area (Å²) < 4.78 is 6.11. The number of rotatable bonds is 4. The lowest BCUT2D eigenvalue weighted by Gasteiger charge is -2.49. The fourth-order valence-electron chi connectivity index (χ4n) is 3.11. The van der Waals surface area contributed by atoms with Gasteiger partial charge >= 0.3 is 0 Å². The van der Waals surface area contributed by atoms with Crippen molar-refractivity contribution in [1.29, 1.82) is 0 Å². The summed E-state index contributed by atoms with van der Waals surface area (Å²) in [7, 11) is 0. The summed E-state index contributed by atoms with van der Waals surface area (Å²) in [5.41, 5.74) is 1.74. The topological polar surface area (TPSA) is 9.23 Å². The maximum Gasteiger partial charge on any atom is 0.119 e. The van der Waals surface area contributed by atoms with E-state index < -0.39 is 0 Å². The standard InChI is InChI=1S/C16H24O/c1-5-6-13-7-9-14(10-8-13)17-15-12(2)11-16(15,3)4/h7-10,12,15H,5-6,11H2,1-4H3/t12-,15-/m1/s1. The second-order valence-electron chi connectivity index (χ2n) is 6.10. The molecule has 0 spiro atoms. The average Bonchev–Trinajstić information content (AvgIpc) is 2.28. The molecule has 2 rings (SSSR count). The third kappa shape index (κ3) is 2.65. The van der Waals surface area contributed by atoms with Gasteiger partial charge in [-0.25, -0.2) is 0 Å². The quantitative estimate of drug-likeness (QED) is 0.745. The van der Waals surface area contributed by atoms with Crippen molar-refractivity contribution in [3.63, 3.8) is 0 Å². The maximum atomic E-state index is 6.11. The van der Waals surface area contributed by atoms with Crippen molar-refractivity contribution in [2.75, 3.05) is 0 Å². The maximum absolute atomic E-state index is 6.11. The highest BCUT2D eigenvalue weighted by molar-refractivity contribution is 5.28. The molecule has 0 heterocycles. The van der Waals surface area contributed by atoms with E-state index in [1.807, 2.05) is 0 Å². The monoisotopic (exact) mass is 232 g/mol. The summed E-state index contributed by atoms with van der Waals surface area (Å²) in [6.07, 6.45) is 4.00. The second kappa shape index (κ2) is 4.72. The number of aryl methyl sites for hydroxylation is 1. The first-order valence-corrected chi connectivity index (χ1v) is 6.78. The van der Waals surface area contributed by atoms with Gasteiger partial charge in [0.2, 0.25) is 0 Å². The van der Waals surface area contributed by atoms with E-state index in [-0.39, 0.29) is 0 Å². The van der Waals surface area contributed by atoms with E-state index >= 15 is 0 Å². The fraction of sp³-hybridized carbons (Fsp3) is 0.625. The Labute approximate surface area is 105 Å². The molecule has 1 heteroatoms. The predicted molar refractivity (Wildman–Crippen MR) is 72.4 cm³/mol. The first-order valence-electron chi connectivity index (χ1n) is 6.78. The van der Waals surface area contributed by atoms with Crippen LogP contribution in [0.5, 0.6) is 5.75 Å². The molecular weight excluding hydrogens is 208 g/mol. The third-order valence-electron chi connectivity index (χ3n) is 3.86. The highest BCUT2D eigenvalue weighted by Gasteiger charge is 2.46. The van der Waals surface area contributed by atoms with Crippen molar-refractivity contribution in [3.8, 4) is 5.75 Å². The van der Waals surface area contributed by atoms with E-state index in [0.29, 0.717) is 17.4 Å². The Hall–Kier alpha value is -0.980. The molecule has 0 unspecified atom stereocenters. The van der Waals surface area contributed by atoms with Crippen molar-refractivity contribution in [3.05, 3.63) is 29.8 Å². The van der Waals surface area contributed by atoms with E-state index in [4.69, 9.17) is 4.74 Å². The minimum absolute atomic E-state index is 0.335. The second-order valence-corrected chi connectivity index (χ2v) is 6.10. The molecule has 0 radical (unpaired) electrons. The van der Waals surface area contributed by atoms with Gasteiger partial charge in [0.25, 0.3) is 0 Å². The minimum atomic E-state index is 0.335. The van der Waals surface area contributed by atoms with Crippen LogP contribution in [0, 0.1) is 11.3 Å². The molecule has 17 heavy (non-hydrogen) atoms. The lowest BCUT2D eigenvalue weighted by atomic mass is 9.62. The van der Waals surface area contributed by atoms with Gasteiger partial charge in [0, 0.05) is 5.41 Å². The van der Waals surface area contributed by atoms with Crippen LogP contribution >= 0.6 is 0 Å². The molecule has 1 saturated carbocycles. The van der Waals surface area contributed by atoms with E-state index in [9.17, 15) is 0 Å². The molecule has 1 fully saturated rings. The number of hydrogen-bond donors (Lipinski definition) is 0. The molecule has 0 saturated heterocycles. The summed E-state index contributed by atoms with van der Waals surface area (Å²) in [6, 6.07) is 8.61. The average molecular weight is 232 g/mol. The number of hydrogen-bond acceptors (Lipinski definition) is 1. The Bertz CT molecular complexity index is 364. The van der Waals surface area contributed by atoms with Crippen molar-refractivity contribution in [2.24, 2.45) is 11.3 Å². The Balaban J connectivity index is 1.99. The van der Waals surface area contributed by atoms with E-state index in [1.54, 1.807) is 0 Å². The molecule has 1 nitrogen and oxygen atoms in total. The Kier molecular flexibility index (Phi) is 3.46. The molecule has 1 aromatic rings. The van der Waals surface area contributed by atoms with Crippen LogP contribution in [-0.4, -0.2) is 6.10 Å². The Morgan fingerprint density at radius 2 is 1.88 bits per heavy atom. The minimum Gasteiger partial charge on any atom is -0.490 e. The zero-order chi connectivity index (χ0) is 12.5. The summed E-state index contributed by atoms with van der Waals surface area (Å²) in [5.74, 6) is 1.70. The van der Waals surface area contributed by atoms with E-state index in [2.05, 4.69) is 52.0 Å². The lowest BCUT2D eigenvalue weighted by Crippen LogP contribution is -2.51. The SMILES string of the molecule is CCCc1ccc(O[C@@H]2[C@H](C)CC2(C)C)cc1. The molecule has 1 aliphatic rings.